The summed E-state index contributed by atoms with van der Waals surface area (Å²) in [6.07, 6.45) is 2.07. The molecule has 6 nitrogen and oxygen atoms in total. The fourth-order valence-corrected chi connectivity index (χ4v) is 2.83. The largest absolute Gasteiger partial charge is 0.497 e. The van der Waals surface area contributed by atoms with Gasteiger partial charge in [0.1, 0.15) is 5.75 Å². The van der Waals surface area contributed by atoms with Crippen LogP contribution in [0.1, 0.15) is 26.7 Å². The van der Waals surface area contributed by atoms with Gasteiger partial charge in [-0.3, -0.25) is 4.79 Å². The smallest absolute Gasteiger partial charge is 0.225 e. The molecule has 0 unspecified atom stereocenters. The lowest BCUT2D eigenvalue weighted by atomic mass is 10.1. The Morgan fingerprint density at radius 1 is 1.22 bits per heavy atom. The average molecular weight is 342 g/mol. The molecule has 0 saturated carbocycles. The summed E-state index contributed by atoms with van der Waals surface area (Å²) in [7, 11) is -1.73. The van der Waals surface area contributed by atoms with Crippen molar-refractivity contribution >= 4 is 21.6 Å². The number of sulfonamides is 1. The molecule has 23 heavy (non-hydrogen) atoms. The second kappa shape index (κ2) is 8.88. The summed E-state index contributed by atoms with van der Waals surface area (Å²) in [6, 6.07) is 6.98. The maximum atomic E-state index is 12.0. The molecule has 0 bridgehead atoms. The predicted octanol–water partition coefficient (Wildman–Crippen LogP) is 2.33. The number of nitrogens with one attached hydrogen (secondary N) is 1. The lowest BCUT2D eigenvalue weighted by Crippen LogP contribution is -2.34. The molecule has 1 rings (SSSR count). The van der Waals surface area contributed by atoms with E-state index in [0.29, 0.717) is 23.9 Å². The first-order valence-corrected chi connectivity index (χ1v) is 9.46. The Morgan fingerprint density at radius 3 is 2.30 bits per heavy atom. The molecule has 7 heteroatoms. The number of hydrogen-bond donors (Lipinski definition) is 1. The van der Waals surface area contributed by atoms with E-state index in [9.17, 15) is 13.2 Å². The van der Waals surface area contributed by atoms with Crippen LogP contribution in [0, 0.1) is 5.92 Å². The van der Waals surface area contributed by atoms with Gasteiger partial charge in [-0.1, -0.05) is 13.8 Å². The van der Waals surface area contributed by atoms with Crippen molar-refractivity contribution in [2.75, 3.05) is 31.8 Å². The van der Waals surface area contributed by atoms with Crippen LogP contribution in [0.3, 0.4) is 0 Å². The van der Waals surface area contributed by atoms with Crippen molar-refractivity contribution in [3.05, 3.63) is 24.3 Å². The van der Waals surface area contributed by atoms with Crippen molar-refractivity contribution in [2.45, 2.75) is 26.7 Å². The normalized spacial score (nSPS) is 11.7. The van der Waals surface area contributed by atoms with E-state index < -0.39 is 10.0 Å². The maximum Gasteiger partial charge on any atom is 0.225 e. The van der Waals surface area contributed by atoms with Crippen molar-refractivity contribution in [3.8, 4) is 5.75 Å². The monoisotopic (exact) mass is 342 g/mol. The molecular weight excluding hydrogens is 316 g/mol. The molecule has 0 aliphatic carbocycles. The number of benzene rings is 1. The van der Waals surface area contributed by atoms with E-state index in [-0.39, 0.29) is 18.9 Å². The van der Waals surface area contributed by atoms with Gasteiger partial charge in [-0.2, -0.15) is 0 Å². The molecule has 130 valence electrons. The highest BCUT2D eigenvalue weighted by Gasteiger charge is 2.18. The SMILES string of the molecule is COc1ccc(NC(=O)CCN(CCC(C)C)S(C)(=O)=O)cc1. The summed E-state index contributed by atoms with van der Waals surface area (Å²) in [5.41, 5.74) is 0.656. The Bertz CT molecular complexity index is 597. The van der Waals surface area contributed by atoms with Crippen LogP contribution in [-0.4, -0.2) is 45.1 Å². The Labute approximate surface area is 138 Å². The number of carbonyl (C=O) groups is 1. The van der Waals surface area contributed by atoms with E-state index in [0.717, 1.165) is 6.42 Å². The quantitative estimate of drug-likeness (QED) is 0.747. The number of anilines is 1. The fourth-order valence-electron chi connectivity index (χ4n) is 1.97. The average Bonchev–Trinajstić information content (AvgIpc) is 2.46. The third kappa shape index (κ3) is 7.47. The highest BCUT2D eigenvalue weighted by molar-refractivity contribution is 7.88. The van der Waals surface area contributed by atoms with E-state index in [1.807, 2.05) is 13.8 Å². The zero-order valence-corrected chi connectivity index (χ0v) is 15.0. The molecule has 0 saturated heterocycles. The molecule has 0 spiro atoms. The molecule has 1 N–H and O–H groups in total. The Kier molecular flexibility index (Phi) is 7.51. The summed E-state index contributed by atoms with van der Waals surface area (Å²) < 4.78 is 29.9. The van der Waals surface area contributed by atoms with Gasteiger partial charge in [0.05, 0.1) is 13.4 Å². The molecule has 0 aromatic heterocycles. The number of hydrogen-bond acceptors (Lipinski definition) is 4. The van der Waals surface area contributed by atoms with E-state index in [1.54, 1.807) is 31.4 Å². The minimum Gasteiger partial charge on any atom is -0.497 e. The second-order valence-electron chi connectivity index (χ2n) is 5.87. The van der Waals surface area contributed by atoms with Crippen molar-refractivity contribution in [2.24, 2.45) is 5.92 Å². The second-order valence-corrected chi connectivity index (χ2v) is 7.85. The van der Waals surface area contributed by atoms with Crippen LogP contribution in [0.4, 0.5) is 5.69 Å². The summed E-state index contributed by atoms with van der Waals surface area (Å²) in [4.78, 5) is 12.0. The third-order valence-corrected chi connectivity index (χ3v) is 4.69. The number of rotatable bonds is 9. The maximum absolute atomic E-state index is 12.0. The molecule has 0 aliphatic rings. The van der Waals surface area contributed by atoms with Crippen molar-refractivity contribution in [1.29, 1.82) is 0 Å². The number of methoxy groups -OCH3 is 1. The lowest BCUT2D eigenvalue weighted by molar-refractivity contribution is -0.116. The first-order valence-electron chi connectivity index (χ1n) is 7.61. The number of carbonyl (C=O) groups excluding carboxylic acids is 1. The highest BCUT2D eigenvalue weighted by atomic mass is 32.2. The Balaban J connectivity index is 2.53. The topological polar surface area (TPSA) is 75.7 Å². The zero-order chi connectivity index (χ0) is 17.5. The number of amides is 1. The lowest BCUT2D eigenvalue weighted by Gasteiger charge is -2.20. The summed E-state index contributed by atoms with van der Waals surface area (Å²) >= 11 is 0. The van der Waals surface area contributed by atoms with Gasteiger partial charge >= 0.3 is 0 Å². The zero-order valence-electron chi connectivity index (χ0n) is 14.2. The van der Waals surface area contributed by atoms with Crippen LogP contribution < -0.4 is 10.1 Å². The van der Waals surface area contributed by atoms with Crippen LogP contribution in [-0.2, 0) is 14.8 Å². The number of nitrogens with zero attached hydrogens (tertiary/aromatic N) is 1. The Morgan fingerprint density at radius 2 is 1.83 bits per heavy atom. The van der Waals surface area contributed by atoms with E-state index in [1.165, 1.54) is 10.6 Å². The van der Waals surface area contributed by atoms with Crippen LogP contribution in [0.15, 0.2) is 24.3 Å². The van der Waals surface area contributed by atoms with Gasteiger partial charge in [-0.05, 0) is 36.6 Å². The third-order valence-electron chi connectivity index (χ3n) is 3.39. The van der Waals surface area contributed by atoms with Crippen molar-refractivity contribution in [3.63, 3.8) is 0 Å². The summed E-state index contributed by atoms with van der Waals surface area (Å²) in [5.74, 6) is 0.903. The van der Waals surface area contributed by atoms with Crippen molar-refractivity contribution < 1.29 is 17.9 Å². The summed E-state index contributed by atoms with van der Waals surface area (Å²) in [5, 5.41) is 2.75. The van der Waals surface area contributed by atoms with Gasteiger partial charge in [-0.25, -0.2) is 12.7 Å². The van der Waals surface area contributed by atoms with E-state index in [4.69, 9.17) is 4.74 Å². The fraction of sp³-hybridized carbons (Fsp3) is 0.562. The predicted molar refractivity (Wildman–Crippen MR) is 92.1 cm³/mol. The minimum absolute atomic E-state index is 0.122. The van der Waals surface area contributed by atoms with Gasteiger partial charge in [0, 0.05) is 25.2 Å². The molecule has 0 radical (unpaired) electrons. The van der Waals surface area contributed by atoms with Gasteiger partial charge < -0.3 is 10.1 Å². The highest BCUT2D eigenvalue weighted by Crippen LogP contribution is 2.15. The minimum atomic E-state index is -3.30. The van der Waals surface area contributed by atoms with E-state index in [2.05, 4.69) is 5.32 Å². The summed E-state index contributed by atoms with van der Waals surface area (Å²) in [6.45, 7) is 4.70. The molecule has 0 atom stereocenters. The van der Waals surface area contributed by atoms with Crippen LogP contribution >= 0.6 is 0 Å². The number of ether oxygens (including phenoxy) is 1. The first kappa shape index (κ1) is 19.4. The first-order chi connectivity index (χ1) is 10.7. The van der Waals surface area contributed by atoms with Crippen molar-refractivity contribution in [1.82, 2.24) is 4.31 Å². The van der Waals surface area contributed by atoms with Crippen LogP contribution in [0.2, 0.25) is 0 Å². The molecule has 1 aromatic rings. The van der Waals surface area contributed by atoms with Gasteiger partial charge in [0.15, 0.2) is 0 Å². The molecule has 1 aromatic carbocycles. The van der Waals surface area contributed by atoms with Gasteiger partial charge in [0.25, 0.3) is 0 Å². The molecule has 0 aliphatic heterocycles. The van der Waals surface area contributed by atoms with E-state index >= 15 is 0 Å². The van der Waals surface area contributed by atoms with Crippen LogP contribution in [0.5, 0.6) is 5.75 Å². The molecular formula is C16H26N2O4S. The Hall–Kier alpha value is -1.60. The van der Waals surface area contributed by atoms with Crippen LogP contribution in [0.25, 0.3) is 0 Å². The van der Waals surface area contributed by atoms with Gasteiger partial charge in [-0.15, -0.1) is 0 Å². The molecule has 0 fully saturated rings. The van der Waals surface area contributed by atoms with Gasteiger partial charge in [0.2, 0.25) is 15.9 Å². The molecule has 1 amide bonds. The molecule has 0 heterocycles. The standard InChI is InChI=1S/C16H26N2O4S/c1-13(2)9-11-18(23(4,20)21)12-10-16(19)17-14-5-7-15(22-3)8-6-14/h5-8,13H,9-12H2,1-4H3,(H,17,19).